The Kier molecular flexibility index (Phi) is 4.00. The van der Waals surface area contributed by atoms with Crippen LogP contribution in [0.2, 0.25) is 0 Å². The van der Waals surface area contributed by atoms with E-state index in [2.05, 4.69) is 49.0 Å². The average Bonchev–Trinajstić information content (AvgIpc) is 3.27. The second-order valence-electron chi connectivity index (χ2n) is 6.08. The van der Waals surface area contributed by atoms with Crippen molar-refractivity contribution in [2.24, 2.45) is 0 Å². The van der Waals surface area contributed by atoms with Crippen molar-refractivity contribution in [3.63, 3.8) is 0 Å². The van der Waals surface area contributed by atoms with Gasteiger partial charge in [-0.3, -0.25) is 4.79 Å². The molecule has 1 amide bonds. The first-order valence-corrected chi connectivity index (χ1v) is 8.39. The molecule has 0 aliphatic carbocycles. The number of nitrogens with zero attached hydrogens (tertiary/aromatic N) is 5. The van der Waals surface area contributed by atoms with Crippen molar-refractivity contribution in [3.05, 3.63) is 43.1 Å². The minimum Gasteiger partial charge on any atom is -0.348 e. The fourth-order valence-corrected chi connectivity index (χ4v) is 3.09. The molecule has 0 bridgehead atoms. The van der Waals surface area contributed by atoms with Crippen LogP contribution >= 0.6 is 0 Å². The van der Waals surface area contributed by atoms with Crippen LogP contribution in [0.25, 0.3) is 22.1 Å². The highest BCUT2D eigenvalue weighted by atomic mass is 16.2. The van der Waals surface area contributed by atoms with Crippen molar-refractivity contribution in [1.82, 2.24) is 24.5 Å². The highest BCUT2D eigenvalue weighted by Gasteiger charge is 2.14. The maximum Gasteiger partial charge on any atom is 0.243 e. The fourth-order valence-electron chi connectivity index (χ4n) is 3.09. The first-order valence-electron chi connectivity index (χ1n) is 8.39. The molecule has 0 saturated heterocycles. The molecular formula is C18H19N7O. The van der Waals surface area contributed by atoms with E-state index in [4.69, 9.17) is 0 Å². The lowest BCUT2D eigenvalue weighted by Crippen LogP contribution is -2.30. The monoisotopic (exact) mass is 349 g/mol. The Morgan fingerprint density at radius 1 is 1.27 bits per heavy atom. The summed E-state index contributed by atoms with van der Waals surface area (Å²) in [5, 5.41) is 4.05. The summed E-state index contributed by atoms with van der Waals surface area (Å²) in [7, 11) is 1.81. The van der Waals surface area contributed by atoms with Crippen molar-refractivity contribution in [1.29, 1.82) is 0 Å². The number of hydrogen-bond acceptors (Lipinski definition) is 5. The van der Waals surface area contributed by atoms with E-state index < -0.39 is 0 Å². The Hall–Kier alpha value is -3.42. The van der Waals surface area contributed by atoms with Crippen LogP contribution in [0.3, 0.4) is 0 Å². The zero-order chi connectivity index (χ0) is 18.1. The third kappa shape index (κ3) is 2.85. The lowest BCUT2D eigenvalue weighted by atomic mass is 10.2. The third-order valence-corrected chi connectivity index (χ3v) is 4.34. The minimum atomic E-state index is -0.118. The number of hydrogen-bond donors (Lipinski definition) is 2. The molecule has 1 aromatic carbocycles. The van der Waals surface area contributed by atoms with Crippen LogP contribution in [0.1, 0.15) is 6.92 Å². The van der Waals surface area contributed by atoms with Gasteiger partial charge in [-0.2, -0.15) is 0 Å². The third-order valence-electron chi connectivity index (χ3n) is 4.34. The van der Waals surface area contributed by atoms with Gasteiger partial charge in [0.1, 0.15) is 11.8 Å². The number of likely N-dealkylation sites (N-methyl/N-ethyl adjacent to an activating group) is 1. The predicted molar refractivity (Wildman–Crippen MR) is 101 cm³/mol. The molecule has 2 N–H and O–H groups in total. The molecule has 0 spiro atoms. The van der Waals surface area contributed by atoms with Crippen LogP contribution in [-0.2, 0) is 11.3 Å². The molecule has 0 radical (unpaired) electrons. The smallest absolute Gasteiger partial charge is 0.243 e. The van der Waals surface area contributed by atoms with Crippen molar-refractivity contribution in [2.45, 2.75) is 13.5 Å². The van der Waals surface area contributed by atoms with E-state index >= 15 is 0 Å². The van der Waals surface area contributed by atoms with Gasteiger partial charge in [0.05, 0.1) is 12.9 Å². The molecule has 3 heterocycles. The number of aromatic amines is 1. The number of H-pyrrole nitrogens is 1. The molecule has 8 heteroatoms. The van der Waals surface area contributed by atoms with Crippen LogP contribution in [0, 0.1) is 0 Å². The van der Waals surface area contributed by atoms with Gasteiger partial charge >= 0.3 is 0 Å². The Labute approximate surface area is 149 Å². The summed E-state index contributed by atoms with van der Waals surface area (Å²) in [4.78, 5) is 29.7. The van der Waals surface area contributed by atoms with Crippen molar-refractivity contribution in [3.8, 4) is 0 Å². The summed E-state index contributed by atoms with van der Waals surface area (Å²) in [5.74, 6) is 0.520. The van der Waals surface area contributed by atoms with E-state index in [-0.39, 0.29) is 12.5 Å². The molecule has 26 heavy (non-hydrogen) atoms. The number of carbonyl (C=O) groups excluding carboxylic acids is 1. The Bertz CT molecular complexity index is 1080. The number of benzene rings is 1. The molecule has 0 aliphatic heterocycles. The van der Waals surface area contributed by atoms with Gasteiger partial charge in [-0.25, -0.2) is 15.0 Å². The number of carbonyl (C=O) groups is 1. The van der Waals surface area contributed by atoms with Gasteiger partial charge in [0, 0.05) is 36.4 Å². The van der Waals surface area contributed by atoms with E-state index in [1.807, 2.05) is 25.2 Å². The Balaban J connectivity index is 1.49. The molecule has 0 aliphatic rings. The molecule has 8 nitrogen and oxygen atoms in total. The Morgan fingerprint density at radius 3 is 3.00 bits per heavy atom. The van der Waals surface area contributed by atoms with Crippen molar-refractivity contribution >= 4 is 39.5 Å². The van der Waals surface area contributed by atoms with E-state index in [0.717, 1.165) is 23.1 Å². The van der Waals surface area contributed by atoms with Gasteiger partial charge < -0.3 is 19.8 Å². The SMILES string of the molecule is CCn1ccc2cc(NC(=O)CN(C)c3ncnc4nc[nH]c34)ccc21. The highest BCUT2D eigenvalue weighted by Crippen LogP contribution is 2.21. The molecule has 0 fully saturated rings. The molecular weight excluding hydrogens is 330 g/mol. The molecule has 132 valence electrons. The number of aryl methyl sites for hydroxylation is 1. The van der Waals surface area contributed by atoms with Gasteiger partial charge in [-0.05, 0) is 31.2 Å². The number of anilines is 2. The van der Waals surface area contributed by atoms with Crippen molar-refractivity contribution in [2.75, 3.05) is 23.8 Å². The summed E-state index contributed by atoms with van der Waals surface area (Å²) >= 11 is 0. The molecule has 0 saturated carbocycles. The molecule has 4 rings (SSSR count). The van der Waals surface area contributed by atoms with E-state index in [0.29, 0.717) is 17.0 Å². The average molecular weight is 349 g/mol. The lowest BCUT2D eigenvalue weighted by molar-refractivity contribution is -0.114. The summed E-state index contributed by atoms with van der Waals surface area (Å²) in [6, 6.07) is 7.98. The lowest BCUT2D eigenvalue weighted by Gasteiger charge is -2.17. The highest BCUT2D eigenvalue weighted by molar-refractivity contribution is 5.97. The quantitative estimate of drug-likeness (QED) is 0.577. The van der Waals surface area contributed by atoms with Crippen molar-refractivity contribution < 1.29 is 4.79 Å². The number of imidazole rings is 1. The fraction of sp³-hybridized carbons (Fsp3) is 0.222. The summed E-state index contributed by atoms with van der Waals surface area (Å²) < 4.78 is 2.17. The summed E-state index contributed by atoms with van der Waals surface area (Å²) in [6.07, 6.45) is 5.06. The van der Waals surface area contributed by atoms with Gasteiger partial charge in [0.25, 0.3) is 0 Å². The summed E-state index contributed by atoms with van der Waals surface area (Å²) in [6.45, 7) is 3.19. The standard InChI is InChI=1S/C18H19N7O/c1-3-25-7-6-12-8-13(4-5-14(12)25)23-15(26)9-24(2)18-16-17(20-10-19-16)21-11-22-18/h4-8,10-11H,3,9H2,1-2H3,(H,23,26)(H,19,20,21,22). The Morgan fingerprint density at radius 2 is 2.15 bits per heavy atom. The van der Waals surface area contributed by atoms with E-state index in [9.17, 15) is 4.79 Å². The first kappa shape index (κ1) is 16.1. The normalized spacial score (nSPS) is 11.2. The summed E-state index contributed by atoms with van der Waals surface area (Å²) in [5.41, 5.74) is 3.22. The first-order chi connectivity index (χ1) is 12.7. The maximum absolute atomic E-state index is 12.4. The zero-order valence-corrected chi connectivity index (χ0v) is 14.6. The van der Waals surface area contributed by atoms with Crippen LogP contribution in [-0.4, -0.2) is 44.0 Å². The van der Waals surface area contributed by atoms with Crippen LogP contribution in [0.5, 0.6) is 0 Å². The van der Waals surface area contributed by atoms with Crippen LogP contribution in [0.4, 0.5) is 11.5 Å². The van der Waals surface area contributed by atoms with E-state index in [1.165, 1.54) is 6.33 Å². The number of rotatable bonds is 5. The van der Waals surface area contributed by atoms with Crippen LogP contribution < -0.4 is 10.2 Å². The largest absolute Gasteiger partial charge is 0.348 e. The van der Waals surface area contributed by atoms with Gasteiger partial charge in [-0.15, -0.1) is 0 Å². The molecule has 3 aromatic heterocycles. The molecule has 0 unspecified atom stereocenters. The van der Waals surface area contributed by atoms with E-state index in [1.54, 1.807) is 11.2 Å². The maximum atomic E-state index is 12.4. The number of aromatic nitrogens is 5. The second-order valence-corrected chi connectivity index (χ2v) is 6.08. The van der Waals surface area contributed by atoms with Gasteiger partial charge in [-0.1, -0.05) is 0 Å². The predicted octanol–water partition coefficient (Wildman–Crippen LogP) is 2.40. The molecule has 4 aromatic rings. The number of fused-ring (bicyclic) bond motifs is 2. The van der Waals surface area contributed by atoms with Gasteiger partial charge in [0.2, 0.25) is 5.91 Å². The van der Waals surface area contributed by atoms with Crippen LogP contribution in [0.15, 0.2) is 43.1 Å². The molecule has 0 atom stereocenters. The number of nitrogens with one attached hydrogen (secondary N) is 2. The van der Waals surface area contributed by atoms with Gasteiger partial charge in [0.15, 0.2) is 11.5 Å². The second kappa shape index (κ2) is 6.47. The zero-order valence-electron chi connectivity index (χ0n) is 14.6. The topological polar surface area (TPSA) is 91.7 Å². The minimum absolute atomic E-state index is 0.118. The number of amides is 1.